The normalized spacial score (nSPS) is 12.1. The molecule has 6 heteroatoms. The molecule has 27 heavy (non-hydrogen) atoms. The summed E-state index contributed by atoms with van der Waals surface area (Å²) in [5.41, 5.74) is 8.06. The van der Waals surface area contributed by atoms with Crippen LogP contribution in [0.25, 0.3) is 22.1 Å². The van der Waals surface area contributed by atoms with Crippen molar-refractivity contribution in [3.8, 4) is 16.9 Å². The first-order chi connectivity index (χ1) is 13.0. The summed E-state index contributed by atoms with van der Waals surface area (Å²) >= 11 is 0. The van der Waals surface area contributed by atoms with E-state index in [1.54, 1.807) is 18.2 Å². The van der Waals surface area contributed by atoms with E-state index in [1.807, 2.05) is 38.1 Å². The van der Waals surface area contributed by atoms with Crippen LogP contribution in [0.4, 0.5) is 0 Å². The van der Waals surface area contributed by atoms with Crippen LogP contribution in [0.1, 0.15) is 12.5 Å². The number of rotatable bonds is 7. The first kappa shape index (κ1) is 18.7. The molecule has 140 valence electrons. The second-order valence-corrected chi connectivity index (χ2v) is 6.12. The maximum absolute atomic E-state index is 12.1. The predicted molar refractivity (Wildman–Crippen MR) is 103 cm³/mol. The molecule has 0 saturated carbocycles. The van der Waals surface area contributed by atoms with Gasteiger partial charge in [-0.15, -0.1) is 0 Å². The van der Waals surface area contributed by atoms with Crippen LogP contribution >= 0.6 is 0 Å². The Morgan fingerprint density at radius 1 is 1.15 bits per heavy atom. The Balaban J connectivity index is 2.03. The molecule has 0 unspecified atom stereocenters. The van der Waals surface area contributed by atoms with Crippen LogP contribution in [0, 0.1) is 6.92 Å². The molecule has 1 amide bonds. The van der Waals surface area contributed by atoms with Gasteiger partial charge in [0.05, 0.1) is 6.61 Å². The minimum atomic E-state index is -0.923. The van der Waals surface area contributed by atoms with Crippen molar-refractivity contribution in [2.24, 2.45) is 5.73 Å². The number of carbonyl (C=O) groups is 1. The van der Waals surface area contributed by atoms with Crippen LogP contribution in [0.2, 0.25) is 0 Å². The van der Waals surface area contributed by atoms with Gasteiger partial charge in [0.15, 0.2) is 6.10 Å². The van der Waals surface area contributed by atoms with E-state index in [0.717, 1.165) is 22.1 Å². The van der Waals surface area contributed by atoms with E-state index in [4.69, 9.17) is 19.6 Å². The minimum Gasteiger partial charge on any atom is -0.478 e. The lowest BCUT2D eigenvalue weighted by atomic mass is 9.98. The van der Waals surface area contributed by atoms with Crippen molar-refractivity contribution < 1.29 is 18.7 Å². The van der Waals surface area contributed by atoms with Crippen LogP contribution < -0.4 is 16.1 Å². The van der Waals surface area contributed by atoms with Crippen molar-refractivity contribution in [2.75, 3.05) is 13.2 Å². The summed E-state index contributed by atoms with van der Waals surface area (Å²) in [6.45, 7) is 4.30. The summed E-state index contributed by atoms with van der Waals surface area (Å²) in [7, 11) is 0. The van der Waals surface area contributed by atoms with Gasteiger partial charge in [0.25, 0.3) is 5.91 Å². The summed E-state index contributed by atoms with van der Waals surface area (Å²) in [6.07, 6.45) is -0.923. The van der Waals surface area contributed by atoms with Gasteiger partial charge < -0.3 is 19.6 Å². The molecule has 0 bridgehead atoms. The predicted octanol–water partition coefficient (Wildman–Crippen LogP) is 3.04. The second kappa shape index (κ2) is 8.05. The van der Waals surface area contributed by atoms with Gasteiger partial charge in [-0.25, -0.2) is 4.79 Å². The maximum atomic E-state index is 12.1. The van der Waals surface area contributed by atoms with Crippen molar-refractivity contribution in [1.29, 1.82) is 0 Å². The zero-order chi connectivity index (χ0) is 19.4. The number of benzene rings is 2. The minimum absolute atomic E-state index is 0.0526. The molecule has 0 aliphatic heterocycles. The fraction of sp³-hybridized carbons (Fsp3) is 0.238. The SMILES string of the molecule is CCOC[C@@H](Oc1ccc2c(-c3ccccc3C)cc(=O)oc2c1)C(N)=O. The first-order valence-electron chi connectivity index (χ1n) is 8.67. The highest BCUT2D eigenvalue weighted by molar-refractivity contribution is 5.94. The maximum Gasteiger partial charge on any atom is 0.336 e. The van der Waals surface area contributed by atoms with Crippen LogP contribution in [-0.4, -0.2) is 25.2 Å². The fourth-order valence-corrected chi connectivity index (χ4v) is 2.88. The number of amides is 1. The molecule has 6 nitrogen and oxygen atoms in total. The van der Waals surface area contributed by atoms with Gasteiger partial charge in [0.2, 0.25) is 0 Å². The molecular weight excluding hydrogens is 346 g/mol. The molecule has 2 N–H and O–H groups in total. The second-order valence-electron chi connectivity index (χ2n) is 6.12. The molecule has 0 radical (unpaired) electrons. The number of primary amides is 1. The van der Waals surface area contributed by atoms with E-state index < -0.39 is 17.6 Å². The Hall–Kier alpha value is -3.12. The Morgan fingerprint density at radius 2 is 1.93 bits per heavy atom. The van der Waals surface area contributed by atoms with E-state index in [-0.39, 0.29) is 6.61 Å². The van der Waals surface area contributed by atoms with E-state index in [0.29, 0.717) is 17.9 Å². The van der Waals surface area contributed by atoms with Crippen molar-refractivity contribution in [3.63, 3.8) is 0 Å². The molecule has 3 rings (SSSR count). The van der Waals surface area contributed by atoms with E-state index in [9.17, 15) is 9.59 Å². The average Bonchev–Trinajstić information content (AvgIpc) is 2.64. The van der Waals surface area contributed by atoms with E-state index >= 15 is 0 Å². The molecule has 0 aliphatic rings. The molecule has 1 atom stereocenters. The van der Waals surface area contributed by atoms with Gasteiger partial charge >= 0.3 is 5.63 Å². The third-order valence-electron chi connectivity index (χ3n) is 4.22. The summed E-state index contributed by atoms with van der Waals surface area (Å²) in [6, 6.07) is 14.4. The molecule has 0 saturated heterocycles. The van der Waals surface area contributed by atoms with Crippen molar-refractivity contribution in [3.05, 3.63) is 64.5 Å². The molecule has 0 aliphatic carbocycles. The van der Waals surface area contributed by atoms with Crippen molar-refractivity contribution >= 4 is 16.9 Å². The standard InChI is InChI=1S/C21H21NO5/c1-3-25-12-19(21(22)24)26-14-8-9-16-17(11-20(23)27-18(16)10-14)15-7-5-4-6-13(15)2/h4-11,19H,3,12H2,1-2H3,(H2,22,24)/t19-/m1/s1. The molecule has 0 fully saturated rings. The van der Waals surface area contributed by atoms with Gasteiger partial charge in [-0.3, -0.25) is 4.79 Å². The number of ether oxygens (including phenoxy) is 2. The first-order valence-corrected chi connectivity index (χ1v) is 8.67. The monoisotopic (exact) mass is 367 g/mol. The smallest absolute Gasteiger partial charge is 0.336 e. The topological polar surface area (TPSA) is 91.8 Å². The largest absolute Gasteiger partial charge is 0.478 e. The summed E-state index contributed by atoms with van der Waals surface area (Å²) < 4.78 is 16.2. The van der Waals surface area contributed by atoms with Crippen LogP contribution in [-0.2, 0) is 9.53 Å². The highest BCUT2D eigenvalue weighted by Crippen LogP contribution is 2.31. The van der Waals surface area contributed by atoms with Gasteiger partial charge in [-0.05, 0) is 37.1 Å². The van der Waals surface area contributed by atoms with Crippen LogP contribution in [0.3, 0.4) is 0 Å². The zero-order valence-electron chi connectivity index (χ0n) is 15.2. The summed E-state index contributed by atoms with van der Waals surface area (Å²) in [5, 5.41) is 0.775. The van der Waals surface area contributed by atoms with E-state index in [2.05, 4.69) is 0 Å². The Kier molecular flexibility index (Phi) is 5.57. The molecule has 1 heterocycles. The quantitative estimate of drug-likeness (QED) is 0.648. The third kappa shape index (κ3) is 4.17. The lowest BCUT2D eigenvalue weighted by molar-refractivity contribution is -0.127. The summed E-state index contributed by atoms with van der Waals surface area (Å²) in [5.74, 6) is -0.255. The van der Waals surface area contributed by atoms with Crippen molar-refractivity contribution in [2.45, 2.75) is 20.0 Å². The van der Waals surface area contributed by atoms with Crippen LogP contribution in [0.5, 0.6) is 5.75 Å². The van der Waals surface area contributed by atoms with Gasteiger partial charge in [0.1, 0.15) is 11.3 Å². The Labute approximate surface area is 156 Å². The highest BCUT2D eigenvalue weighted by Gasteiger charge is 2.18. The van der Waals surface area contributed by atoms with Gasteiger partial charge in [-0.2, -0.15) is 0 Å². The average molecular weight is 367 g/mol. The lowest BCUT2D eigenvalue weighted by Crippen LogP contribution is -2.37. The number of fused-ring (bicyclic) bond motifs is 1. The zero-order valence-corrected chi connectivity index (χ0v) is 15.2. The van der Waals surface area contributed by atoms with Gasteiger partial charge in [0, 0.05) is 29.7 Å². The molecule has 3 aromatic rings. The number of nitrogens with two attached hydrogens (primary N) is 1. The number of hydrogen-bond donors (Lipinski definition) is 1. The highest BCUT2D eigenvalue weighted by atomic mass is 16.5. The van der Waals surface area contributed by atoms with E-state index in [1.165, 1.54) is 6.07 Å². The fourth-order valence-electron chi connectivity index (χ4n) is 2.88. The lowest BCUT2D eigenvalue weighted by Gasteiger charge is -2.16. The molecular formula is C21H21NO5. The third-order valence-corrected chi connectivity index (χ3v) is 4.22. The Bertz CT molecular complexity index is 1020. The summed E-state index contributed by atoms with van der Waals surface area (Å²) in [4.78, 5) is 23.6. The van der Waals surface area contributed by atoms with Gasteiger partial charge in [-0.1, -0.05) is 24.3 Å². The number of aryl methyl sites for hydroxylation is 1. The van der Waals surface area contributed by atoms with Crippen LogP contribution in [0.15, 0.2) is 57.7 Å². The molecule has 2 aromatic carbocycles. The molecule has 0 spiro atoms. The number of hydrogen-bond acceptors (Lipinski definition) is 5. The number of carbonyl (C=O) groups excluding carboxylic acids is 1. The molecule has 1 aromatic heterocycles. The Morgan fingerprint density at radius 3 is 2.63 bits per heavy atom. The van der Waals surface area contributed by atoms with Crippen molar-refractivity contribution in [1.82, 2.24) is 0 Å².